The number of hydrogen-bond donors (Lipinski definition) is 0. The Bertz CT molecular complexity index is 1160. The van der Waals surface area contributed by atoms with Crippen LogP contribution in [0.4, 0.5) is 0 Å². The van der Waals surface area contributed by atoms with Gasteiger partial charge in [-0.3, -0.25) is 0 Å². The van der Waals surface area contributed by atoms with E-state index in [1.54, 1.807) is 0 Å². The summed E-state index contributed by atoms with van der Waals surface area (Å²) in [4.78, 5) is 0. The molecule has 0 fully saturated rings. The molecule has 1 aliphatic heterocycles. The van der Waals surface area contributed by atoms with E-state index in [1.165, 1.54) is 33.4 Å². The Morgan fingerprint density at radius 3 is 1.26 bits per heavy atom. The molecule has 0 saturated carbocycles. The topological polar surface area (TPSA) is 9.23 Å². The summed E-state index contributed by atoms with van der Waals surface area (Å²) < 4.78 is 5.74. The first kappa shape index (κ1) is 19.5. The van der Waals surface area contributed by atoms with Crippen LogP contribution in [0.2, 0.25) is 0 Å². The third-order valence-electron chi connectivity index (χ3n) is 6.59. The van der Waals surface area contributed by atoms with Crippen molar-refractivity contribution < 1.29 is 4.74 Å². The van der Waals surface area contributed by atoms with E-state index in [-0.39, 0.29) is 11.8 Å². The van der Waals surface area contributed by atoms with Crippen molar-refractivity contribution in [3.63, 3.8) is 0 Å². The maximum absolute atomic E-state index is 7.12. The minimum absolute atomic E-state index is 0.000753. The molecule has 152 valence electrons. The number of rotatable bonds is 2. The molecule has 4 aromatic rings. The van der Waals surface area contributed by atoms with Crippen LogP contribution < -0.4 is 0 Å². The first-order chi connectivity index (χ1) is 15.1. The van der Waals surface area contributed by atoms with E-state index in [2.05, 4.69) is 141 Å². The zero-order valence-corrected chi connectivity index (χ0v) is 19.9. The normalized spacial score (nSPS) is 28.5. The average molecular weight is 532 g/mol. The van der Waals surface area contributed by atoms with Gasteiger partial charge in [-0.15, -0.1) is 0 Å². The fraction of sp³-hybridized carbons (Fsp3) is 0.143. The van der Waals surface area contributed by atoms with Gasteiger partial charge in [-0.2, -0.15) is 0 Å². The molecule has 0 spiro atoms. The molecule has 0 amide bonds. The van der Waals surface area contributed by atoms with Crippen molar-refractivity contribution in [1.82, 2.24) is 0 Å². The maximum atomic E-state index is 7.12. The third kappa shape index (κ3) is 2.77. The van der Waals surface area contributed by atoms with Gasteiger partial charge in [0, 0.05) is 11.1 Å². The second-order valence-electron chi connectivity index (χ2n) is 8.25. The Morgan fingerprint density at radius 1 is 0.484 bits per heavy atom. The highest BCUT2D eigenvalue weighted by Crippen LogP contribution is 2.68. The van der Waals surface area contributed by atoms with E-state index in [1.807, 2.05) is 0 Å². The van der Waals surface area contributed by atoms with Crippen LogP contribution in [0.5, 0.6) is 0 Å². The molecule has 4 aromatic carbocycles. The second-order valence-corrected chi connectivity index (χ2v) is 10.6. The van der Waals surface area contributed by atoms with Crippen molar-refractivity contribution in [3.8, 4) is 0 Å². The maximum Gasteiger partial charge on any atom is 0.161 e. The molecule has 6 rings (SSSR count). The molecule has 1 heterocycles. The summed E-state index contributed by atoms with van der Waals surface area (Å²) in [5.41, 5.74) is 7.39. The molecule has 0 saturated heterocycles. The van der Waals surface area contributed by atoms with Crippen LogP contribution in [-0.2, 0) is 13.8 Å². The van der Waals surface area contributed by atoms with Crippen LogP contribution in [0.25, 0.3) is 0 Å². The lowest BCUT2D eigenvalue weighted by Crippen LogP contribution is -2.30. The van der Waals surface area contributed by atoms with Gasteiger partial charge >= 0.3 is 0 Å². The largest absolute Gasteiger partial charge is 0.335 e. The number of fused-ring (bicyclic) bond motifs is 1. The summed E-state index contributed by atoms with van der Waals surface area (Å²) in [6, 6.07) is 38.8. The van der Waals surface area contributed by atoms with Crippen molar-refractivity contribution in [2.45, 2.75) is 20.9 Å². The zero-order valence-electron chi connectivity index (χ0n) is 16.7. The summed E-state index contributed by atoms with van der Waals surface area (Å²) in [6.45, 7) is 0. The van der Waals surface area contributed by atoms with Gasteiger partial charge in [0.2, 0.25) is 0 Å². The molecular formula is C28H20Br2O. The van der Waals surface area contributed by atoms with Crippen molar-refractivity contribution in [3.05, 3.63) is 143 Å². The van der Waals surface area contributed by atoms with Gasteiger partial charge in [-0.25, -0.2) is 0 Å². The minimum atomic E-state index is -0.686. The van der Waals surface area contributed by atoms with E-state index < -0.39 is 9.02 Å². The van der Waals surface area contributed by atoms with Crippen molar-refractivity contribution in [1.29, 1.82) is 0 Å². The number of ether oxygens (including phenoxy) is 1. The summed E-state index contributed by atoms with van der Waals surface area (Å²) in [7, 11) is 0. The highest BCUT2D eigenvalue weighted by molar-refractivity contribution is 9.10. The number of halogens is 2. The Hall–Kier alpha value is -2.20. The average Bonchev–Trinajstić information content (AvgIpc) is 2.99. The van der Waals surface area contributed by atoms with E-state index in [0.29, 0.717) is 0 Å². The lowest BCUT2D eigenvalue weighted by molar-refractivity contribution is -0.0385. The molecule has 3 heteroatoms. The summed E-state index contributed by atoms with van der Waals surface area (Å²) in [5, 5.41) is 0. The first-order valence-electron chi connectivity index (χ1n) is 10.5. The van der Waals surface area contributed by atoms with E-state index >= 15 is 0 Å². The molecule has 31 heavy (non-hydrogen) atoms. The molecule has 2 bridgehead atoms. The number of hydrogen-bond acceptors (Lipinski definition) is 1. The SMILES string of the molecule is Br[C@]12O[C@](Br)(c3ccccc31)[C@@H](c1ccccc1)c1ccccc1[C@@H]2c1ccccc1. The standard InChI is InChI=1S/C28H20Br2O/c29-27-23-17-9-10-18-24(23)28(30,31-27)26(20-13-5-2-6-14-20)22-16-8-7-15-21(22)25(27)19-11-3-1-4-12-19/h1-18,25-26H/t25-,26-,27-,28+/m0/s1. The molecule has 2 aliphatic rings. The molecule has 1 nitrogen and oxygen atoms in total. The first-order valence-corrected chi connectivity index (χ1v) is 12.1. The van der Waals surface area contributed by atoms with Crippen LogP contribution in [0.3, 0.4) is 0 Å². The Morgan fingerprint density at radius 2 is 0.839 bits per heavy atom. The molecule has 0 radical (unpaired) electrons. The quantitative estimate of drug-likeness (QED) is 0.240. The molecule has 0 aromatic heterocycles. The van der Waals surface area contributed by atoms with Gasteiger partial charge in [0.1, 0.15) is 0 Å². The number of benzene rings is 4. The van der Waals surface area contributed by atoms with Crippen molar-refractivity contribution >= 4 is 31.9 Å². The summed E-state index contributed by atoms with van der Waals surface area (Å²) >= 11 is 8.28. The fourth-order valence-electron chi connectivity index (χ4n) is 5.35. The van der Waals surface area contributed by atoms with Crippen molar-refractivity contribution in [2.75, 3.05) is 0 Å². The van der Waals surface area contributed by atoms with E-state index in [9.17, 15) is 0 Å². The Balaban J connectivity index is 1.74. The monoisotopic (exact) mass is 530 g/mol. The Kier molecular flexibility index (Phi) is 4.50. The van der Waals surface area contributed by atoms with Gasteiger partial charge in [0.25, 0.3) is 0 Å². The van der Waals surface area contributed by atoms with Crippen LogP contribution >= 0.6 is 31.9 Å². The lowest BCUT2D eigenvalue weighted by Gasteiger charge is -2.34. The van der Waals surface area contributed by atoms with Gasteiger partial charge in [0.05, 0.1) is 11.8 Å². The molecule has 0 unspecified atom stereocenters. The highest BCUT2D eigenvalue weighted by Gasteiger charge is 2.61. The van der Waals surface area contributed by atoms with E-state index in [4.69, 9.17) is 4.74 Å². The third-order valence-corrected chi connectivity index (χ3v) is 8.68. The fourth-order valence-corrected chi connectivity index (χ4v) is 7.79. The van der Waals surface area contributed by atoms with Crippen LogP contribution in [0.15, 0.2) is 109 Å². The van der Waals surface area contributed by atoms with Crippen molar-refractivity contribution in [2.24, 2.45) is 0 Å². The Labute approximate surface area is 199 Å². The van der Waals surface area contributed by atoms with Gasteiger partial charge in [-0.05, 0) is 54.1 Å². The lowest BCUT2D eigenvalue weighted by atomic mass is 9.73. The van der Waals surface area contributed by atoms with Crippen LogP contribution in [0.1, 0.15) is 45.2 Å². The number of alkyl halides is 2. The van der Waals surface area contributed by atoms with Gasteiger partial charge < -0.3 is 4.74 Å². The van der Waals surface area contributed by atoms with Gasteiger partial charge in [0.15, 0.2) is 9.02 Å². The van der Waals surface area contributed by atoms with Crippen LogP contribution in [-0.4, -0.2) is 0 Å². The zero-order chi connectivity index (χ0) is 21.1. The molecule has 4 atom stereocenters. The molecule has 0 N–H and O–H groups in total. The highest BCUT2D eigenvalue weighted by atomic mass is 79.9. The predicted octanol–water partition coefficient (Wildman–Crippen LogP) is 7.79. The predicted molar refractivity (Wildman–Crippen MR) is 132 cm³/mol. The van der Waals surface area contributed by atoms with E-state index in [0.717, 1.165) is 0 Å². The second kappa shape index (κ2) is 7.16. The summed E-state index contributed by atoms with van der Waals surface area (Å²) in [6.07, 6.45) is 0. The van der Waals surface area contributed by atoms with Gasteiger partial charge in [-0.1, -0.05) is 109 Å². The molecule has 1 aliphatic carbocycles. The molecular weight excluding hydrogens is 512 g/mol. The summed E-state index contributed by atoms with van der Waals surface area (Å²) in [5.74, 6) is -0.00151. The van der Waals surface area contributed by atoms with Crippen LogP contribution in [0, 0.1) is 0 Å². The minimum Gasteiger partial charge on any atom is -0.335 e. The smallest absolute Gasteiger partial charge is 0.161 e.